The topological polar surface area (TPSA) is 99.8 Å². The predicted molar refractivity (Wildman–Crippen MR) is 92.6 cm³/mol. The van der Waals surface area contributed by atoms with Crippen molar-refractivity contribution in [3.8, 4) is 0 Å². The number of likely N-dealkylation sites (tertiary alicyclic amines) is 1. The van der Waals surface area contributed by atoms with E-state index in [0.29, 0.717) is 36.9 Å². The first-order valence-electron chi connectivity index (χ1n) is 8.85. The van der Waals surface area contributed by atoms with Gasteiger partial charge >= 0.3 is 12.0 Å². The molecule has 0 aromatic rings. The van der Waals surface area contributed by atoms with Crippen LogP contribution in [0.3, 0.4) is 0 Å². The van der Waals surface area contributed by atoms with Crippen LogP contribution < -0.4 is 16.0 Å². The lowest BCUT2D eigenvalue weighted by Gasteiger charge is -2.34. The Morgan fingerprint density at radius 3 is 2.60 bits per heavy atom. The Morgan fingerprint density at radius 2 is 2.00 bits per heavy atom. The van der Waals surface area contributed by atoms with E-state index >= 15 is 0 Å². The first-order chi connectivity index (χ1) is 11.9. The highest BCUT2D eigenvalue weighted by molar-refractivity contribution is 5.94. The van der Waals surface area contributed by atoms with Gasteiger partial charge in [-0.25, -0.2) is 9.59 Å². The van der Waals surface area contributed by atoms with Crippen molar-refractivity contribution in [1.29, 1.82) is 0 Å². The van der Waals surface area contributed by atoms with Gasteiger partial charge in [0.25, 0.3) is 0 Å². The minimum Gasteiger partial charge on any atom is -0.463 e. The Labute approximate surface area is 148 Å². The van der Waals surface area contributed by atoms with Crippen LogP contribution in [-0.2, 0) is 14.3 Å². The normalized spacial score (nSPS) is 22.2. The van der Waals surface area contributed by atoms with Crippen LogP contribution in [0.15, 0.2) is 11.3 Å². The Hall–Kier alpha value is -2.09. The van der Waals surface area contributed by atoms with Crippen LogP contribution in [-0.4, -0.2) is 61.6 Å². The van der Waals surface area contributed by atoms with E-state index < -0.39 is 5.97 Å². The first kappa shape index (κ1) is 19.2. The van der Waals surface area contributed by atoms with Crippen LogP contribution in [0.1, 0.15) is 33.6 Å². The standard InChI is InChI=1S/C17H28N4O4/c1-4-25-16(23)15-11(2)19-17(24)20-14(15)10-21-7-5-13(6-8-21)9-18-12(3)22/h11,13H,4-10H2,1-3H3,(H,18,22)(H2,19,20,24). The largest absolute Gasteiger partial charge is 0.463 e. The van der Waals surface area contributed by atoms with Crippen molar-refractivity contribution in [2.75, 3.05) is 32.8 Å². The summed E-state index contributed by atoms with van der Waals surface area (Å²) >= 11 is 0. The predicted octanol–water partition coefficient (Wildman–Crippen LogP) is 0.353. The molecule has 0 bridgehead atoms. The quantitative estimate of drug-likeness (QED) is 0.599. The maximum absolute atomic E-state index is 12.2. The highest BCUT2D eigenvalue weighted by atomic mass is 16.5. The molecule has 0 aliphatic carbocycles. The zero-order valence-corrected chi connectivity index (χ0v) is 15.2. The van der Waals surface area contributed by atoms with Gasteiger partial charge in [0.15, 0.2) is 0 Å². The number of amides is 3. The van der Waals surface area contributed by atoms with E-state index in [1.54, 1.807) is 13.8 Å². The Morgan fingerprint density at radius 1 is 1.32 bits per heavy atom. The molecule has 0 spiro atoms. The van der Waals surface area contributed by atoms with Crippen molar-refractivity contribution >= 4 is 17.9 Å². The van der Waals surface area contributed by atoms with Gasteiger partial charge in [-0.15, -0.1) is 0 Å². The molecule has 2 aliphatic rings. The van der Waals surface area contributed by atoms with Gasteiger partial charge in [0.05, 0.1) is 18.2 Å². The van der Waals surface area contributed by atoms with Gasteiger partial charge < -0.3 is 20.7 Å². The molecule has 2 rings (SSSR count). The molecule has 1 fully saturated rings. The first-order valence-corrected chi connectivity index (χ1v) is 8.85. The molecule has 3 amide bonds. The third-order valence-corrected chi connectivity index (χ3v) is 4.59. The number of carbonyl (C=O) groups excluding carboxylic acids is 3. The third kappa shape index (κ3) is 5.45. The molecule has 3 N–H and O–H groups in total. The van der Waals surface area contributed by atoms with Crippen LogP contribution in [0, 0.1) is 5.92 Å². The summed E-state index contributed by atoms with van der Waals surface area (Å²) < 4.78 is 5.13. The fourth-order valence-corrected chi connectivity index (χ4v) is 3.26. The van der Waals surface area contributed by atoms with Crippen molar-refractivity contribution in [3.63, 3.8) is 0 Å². The molecule has 25 heavy (non-hydrogen) atoms. The Bertz CT molecular complexity index is 553. The van der Waals surface area contributed by atoms with Crippen LogP contribution in [0.25, 0.3) is 0 Å². The summed E-state index contributed by atoms with van der Waals surface area (Å²) in [6.45, 7) is 8.31. The second-order valence-corrected chi connectivity index (χ2v) is 6.59. The average molecular weight is 352 g/mol. The summed E-state index contributed by atoms with van der Waals surface area (Å²) in [5.41, 5.74) is 1.11. The lowest BCUT2D eigenvalue weighted by atomic mass is 9.96. The molecule has 0 aromatic heterocycles. The molecule has 1 atom stereocenters. The van der Waals surface area contributed by atoms with Gasteiger partial charge in [-0.05, 0) is 45.7 Å². The summed E-state index contributed by atoms with van der Waals surface area (Å²) in [5, 5.41) is 8.33. The van der Waals surface area contributed by atoms with E-state index in [-0.39, 0.29) is 18.0 Å². The van der Waals surface area contributed by atoms with Crippen LogP contribution in [0.2, 0.25) is 0 Å². The Kier molecular flexibility index (Phi) is 6.81. The molecule has 140 valence electrons. The van der Waals surface area contributed by atoms with Crippen LogP contribution >= 0.6 is 0 Å². The van der Waals surface area contributed by atoms with Crippen LogP contribution in [0.5, 0.6) is 0 Å². The second kappa shape index (κ2) is 8.84. The molecule has 0 aromatic carbocycles. The van der Waals surface area contributed by atoms with Gasteiger partial charge in [0.1, 0.15) is 0 Å². The number of urea groups is 1. The molecular weight excluding hydrogens is 324 g/mol. The zero-order valence-electron chi connectivity index (χ0n) is 15.2. The van der Waals surface area contributed by atoms with Gasteiger partial charge in [-0.2, -0.15) is 0 Å². The summed E-state index contributed by atoms with van der Waals surface area (Å²) in [6, 6.07) is -0.670. The minimum absolute atomic E-state index is 0.00179. The lowest BCUT2D eigenvalue weighted by molar-refractivity contribution is -0.139. The summed E-state index contributed by atoms with van der Waals surface area (Å²) in [7, 11) is 0. The SMILES string of the molecule is CCOC(=O)C1=C(CN2CCC(CNC(C)=O)CC2)NC(=O)NC1C. The van der Waals surface area contributed by atoms with E-state index in [4.69, 9.17) is 4.74 Å². The minimum atomic E-state index is -0.391. The molecule has 1 unspecified atom stereocenters. The van der Waals surface area contributed by atoms with Gasteiger partial charge in [0.2, 0.25) is 5.91 Å². The number of rotatable bonds is 6. The lowest BCUT2D eigenvalue weighted by Crippen LogP contribution is -2.51. The van der Waals surface area contributed by atoms with Crippen LogP contribution in [0.4, 0.5) is 4.79 Å². The fourth-order valence-electron chi connectivity index (χ4n) is 3.26. The molecule has 1 saturated heterocycles. The number of nitrogens with one attached hydrogen (secondary N) is 3. The molecule has 8 nitrogen and oxygen atoms in total. The second-order valence-electron chi connectivity index (χ2n) is 6.59. The van der Waals surface area contributed by atoms with Gasteiger partial charge in [0, 0.05) is 25.7 Å². The van der Waals surface area contributed by atoms with Gasteiger partial charge in [-0.3, -0.25) is 9.69 Å². The van der Waals surface area contributed by atoms with Crippen molar-refractivity contribution in [1.82, 2.24) is 20.9 Å². The van der Waals surface area contributed by atoms with Crippen molar-refractivity contribution in [3.05, 3.63) is 11.3 Å². The molecule has 2 aliphatic heterocycles. The number of nitrogens with zero attached hydrogens (tertiary/aromatic N) is 1. The summed E-state index contributed by atoms with van der Waals surface area (Å²) in [5.74, 6) is 0.0799. The Balaban J connectivity index is 1.98. The number of hydrogen-bond donors (Lipinski definition) is 3. The maximum Gasteiger partial charge on any atom is 0.337 e. The van der Waals surface area contributed by atoms with E-state index in [1.165, 1.54) is 6.92 Å². The monoisotopic (exact) mass is 352 g/mol. The summed E-state index contributed by atoms with van der Waals surface area (Å²) in [6.07, 6.45) is 1.95. The van der Waals surface area contributed by atoms with Gasteiger partial charge in [-0.1, -0.05) is 0 Å². The molecular formula is C17H28N4O4. The van der Waals surface area contributed by atoms with E-state index in [2.05, 4.69) is 20.9 Å². The van der Waals surface area contributed by atoms with E-state index in [9.17, 15) is 14.4 Å². The number of hydrogen-bond acceptors (Lipinski definition) is 5. The number of esters is 1. The third-order valence-electron chi connectivity index (χ3n) is 4.59. The highest BCUT2D eigenvalue weighted by Gasteiger charge is 2.31. The van der Waals surface area contributed by atoms with E-state index in [0.717, 1.165) is 25.9 Å². The number of piperidine rings is 1. The number of ether oxygens (including phenoxy) is 1. The highest BCUT2D eigenvalue weighted by Crippen LogP contribution is 2.20. The fraction of sp³-hybridized carbons (Fsp3) is 0.706. The molecule has 8 heteroatoms. The average Bonchev–Trinajstić information content (AvgIpc) is 2.53. The van der Waals surface area contributed by atoms with Crippen molar-refractivity contribution < 1.29 is 19.1 Å². The number of carbonyl (C=O) groups is 3. The molecule has 2 heterocycles. The zero-order chi connectivity index (χ0) is 18.4. The summed E-state index contributed by atoms with van der Waals surface area (Å²) in [4.78, 5) is 37.3. The van der Waals surface area contributed by atoms with E-state index in [1.807, 2.05) is 0 Å². The maximum atomic E-state index is 12.2. The molecule has 0 saturated carbocycles. The van der Waals surface area contributed by atoms with Crippen molar-refractivity contribution in [2.24, 2.45) is 5.92 Å². The smallest absolute Gasteiger partial charge is 0.337 e. The molecule has 0 radical (unpaired) electrons. The van der Waals surface area contributed by atoms with Crippen molar-refractivity contribution in [2.45, 2.75) is 39.7 Å².